The van der Waals surface area contributed by atoms with Gasteiger partial charge in [-0.15, -0.1) is 0 Å². The normalized spacial score (nSPS) is 32.9. The van der Waals surface area contributed by atoms with Crippen LogP contribution in [0, 0.1) is 4.77 Å². The summed E-state index contributed by atoms with van der Waals surface area (Å²) in [6.45, 7) is -0.459. The molecule has 4 N–H and O–H groups in total. The van der Waals surface area contributed by atoms with Crippen LogP contribution in [0.4, 0.5) is 0 Å². The molecule has 0 aliphatic carbocycles. The second kappa shape index (κ2) is 4.63. The van der Waals surface area contributed by atoms with E-state index in [1.54, 1.807) is 0 Å². The number of hydrogen-bond acceptors (Lipinski definition) is 7. The smallest absolute Gasteiger partial charge is 0.331 e. The molecule has 1 aromatic rings. The monoisotopic (exact) mass is 261 g/mol. The molecule has 8 nitrogen and oxygen atoms in total. The summed E-state index contributed by atoms with van der Waals surface area (Å²) in [4.78, 5) is 17.5. The summed E-state index contributed by atoms with van der Waals surface area (Å²) in [5.41, 5.74) is -0.611. The van der Waals surface area contributed by atoms with Crippen LogP contribution in [0.15, 0.2) is 11.1 Å². The minimum atomic E-state index is -1.32. The van der Waals surface area contributed by atoms with Crippen LogP contribution in [-0.4, -0.2) is 54.8 Å². The van der Waals surface area contributed by atoms with Gasteiger partial charge in [-0.25, -0.2) is 9.78 Å². The number of ether oxygens (including phenoxy) is 1. The van der Waals surface area contributed by atoms with Crippen molar-refractivity contribution in [3.8, 4) is 0 Å². The lowest BCUT2D eigenvalue weighted by Crippen LogP contribution is -2.36. The third kappa shape index (κ3) is 2.15. The van der Waals surface area contributed by atoms with Gasteiger partial charge in [0.2, 0.25) is 4.77 Å². The van der Waals surface area contributed by atoms with Gasteiger partial charge in [-0.1, -0.05) is 0 Å². The van der Waals surface area contributed by atoms with Gasteiger partial charge >= 0.3 is 5.69 Å². The van der Waals surface area contributed by atoms with Crippen molar-refractivity contribution in [3.05, 3.63) is 21.6 Å². The van der Waals surface area contributed by atoms with Crippen molar-refractivity contribution < 1.29 is 20.1 Å². The van der Waals surface area contributed by atoms with Gasteiger partial charge in [0.15, 0.2) is 6.23 Å². The molecule has 17 heavy (non-hydrogen) atoms. The Balaban J connectivity index is 2.35. The molecule has 9 heteroatoms. The van der Waals surface area contributed by atoms with Gasteiger partial charge in [-0.05, 0) is 12.2 Å². The number of H-pyrrole nitrogens is 1. The van der Waals surface area contributed by atoms with Crippen LogP contribution in [-0.2, 0) is 4.74 Å². The molecule has 1 aromatic heterocycles. The third-order valence-corrected chi connectivity index (χ3v) is 2.75. The molecular weight excluding hydrogens is 250 g/mol. The standard InChI is InChI=1S/C8H11N3O5S/c12-1-3-4(13)5(14)6(16-3)11-2-9-7(17)10-8(11)15/h2-6,12-14H,1H2,(H,10,15,17)/t3-,4-,5-,6-/m1/s1. The fourth-order valence-corrected chi connectivity index (χ4v) is 1.78. The summed E-state index contributed by atoms with van der Waals surface area (Å²) in [5.74, 6) is 0. The molecule has 1 aliphatic heterocycles. The SMILES string of the molecule is O=c1[nH]c(=S)ncn1[C@@H]1O[C@H](CO)[C@@H](O)[C@H]1O. The van der Waals surface area contributed by atoms with Crippen LogP contribution < -0.4 is 5.69 Å². The highest BCUT2D eigenvalue weighted by atomic mass is 32.1. The second-order valence-corrected chi connectivity index (χ2v) is 4.00. The van der Waals surface area contributed by atoms with E-state index in [1.165, 1.54) is 0 Å². The molecule has 0 radical (unpaired) electrons. The van der Waals surface area contributed by atoms with Gasteiger partial charge in [0.25, 0.3) is 0 Å². The van der Waals surface area contributed by atoms with Crippen molar-refractivity contribution in [1.82, 2.24) is 14.5 Å². The molecule has 1 aliphatic rings. The summed E-state index contributed by atoms with van der Waals surface area (Å²) in [5, 5.41) is 28.1. The predicted molar refractivity (Wildman–Crippen MR) is 56.7 cm³/mol. The van der Waals surface area contributed by atoms with E-state index in [-0.39, 0.29) is 4.77 Å². The first kappa shape index (κ1) is 12.3. The van der Waals surface area contributed by atoms with Gasteiger partial charge in [0.05, 0.1) is 6.61 Å². The quantitative estimate of drug-likeness (QED) is 0.450. The number of nitrogens with one attached hydrogen (secondary N) is 1. The Labute approximate surface area is 100 Å². The molecule has 0 unspecified atom stereocenters. The first-order valence-corrected chi connectivity index (χ1v) is 5.25. The van der Waals surface area contributed by atoms with Crippen molar-refractivity contribution in [1.29, 1.82) is 0 Å². The first-order valence-electron chi connectivity index (χ1n) is 4.84. The highest BCUT2D eigenvalue weighted by Gasteiger charge is 2.43. The molecule has 0 aromatic carbocycles. The van der Waals surface area contributed by atoms with Crippen LogP contribution in [0.25, 0.3) is 0 Å². The molecule has 0 spiro atoms. The molecule has 0 amide bonds. The van der Waals surface area contributed by atoms with E-state index in [1.807, 2.05) is 0 Å². The molecule has 1 saturated heterocycles. The number of aliphatic hydroxyl groups excluding tert-OH is 3. The van der Waals surface area contributed by atoms with Gasteiger partial charge in [-0.2, -0.15) is 0 Å². The topological polar surface area (TPSA) is 121 Å². The minimum Gasteiger partial charge on any atom is -0.394 e. The van der Waals surface area contributed by atoms with E-state index in [0.29, 0.717) is 0 Å². The maximum Gasteiger partial charge on any atom is 0.331 e. The molecule has 2 heterocycles. The van der Waals surface area contributed by atoms with Gasteiger partial charge in [0, 0.05) is 0 Å². The summed E-state index contributed by atoms with van der Waals surface area (Å²) in [7, 11) is 0. The van der Waals surface area contributed by atoms with Gasteiger partial charge in [0.1, 0.15) is 24.6 Å². The molecule has 4 atom stereocenters. The van der Waals surface area contributed by atoms with Crippen LogP contribution >= 0.6 is 12.2 Å². The average molecular weight is 261 g/mol. The number of rotatable bonds is 2. The van der Waals surface area contributed by atoms with Crippen molar-refractivity contribution in [3.63, 3.8) is 0 Å². The molecular formula is C8H11N3O5S. The van der Waals surface area contributed by atoms with E-state index in [4.69, 9.17) is 9.84 Å². The number of aromatic nitrogens is 3. The molecule has 2 rings (SSSR count). The van der Waals surface area contributed by atoms with Crippen molar-refractivity contribution in [2.24, 2.45) is 0 Å². The number of aromatic amines is 1. The van der Waals surface area contributed by atoms with Crippen LogP contribution in [0.2, 0.25) is 0 Å². The van der Waals surface area contributed by atoms with Crippen LogP contribution in [0.3, 0.4) is 0 Å². The third-order valence-electron chi connectivity index (χ3n) is 2.54. The first-order chi connectivity index (χ1) is 8.04. The van der Waals surface area contributed by atoms with Crippen molar-refractivity contribution in [2.45, 2.75) is 24.5 Å². The lowest BCUT2D eigenvalue weighted by Gasteiger charge is -2.16. The van der Waals surface area contributed by atoms with Crippen molar-refractivity contribution >= 4 is 12.2 Å². The summed E-state index contributed by atoms with van der Waals surface area (Å²) in [6.07, 6.45) is -3.52. The van der Waals surface area contributed by atoms with Crippen molar-refractivity contribution in [2.75, 3.05) is 6.61 Å². The lowest BCUT2D eigenvalue weighted by molar-refractivity contribution is -0.0555. The summed E-state index contributed by atoms with van der Waals surface area (Å²) in [6, 6.07) is 0. The summed E-state index contributed by atoms with van der Waals surface area (Å²) < 4.78 is 6.14. The number of hydrogen-bond donors (Lipinski definition) is 4. The van der Waals surface area contributed by atoms with Crippen LogP contribution in [0.1, 0.15) is 6.23 Å². The Morgan fingerprint density at radius 3 is 2.76 bits per heavy atom. The largest absolute Gasteiger partial charge is 0.394 e. The highest BCUT2D eigenvalue weighted by Crippen LogP contribution is 2.27. The molecule has 94 valence electrons. The zero-order valence-electron chi connectivity index (χ0n) is 8.55. The second-order valence-electron chi connectivity index (χ2n) is 3.62. The van der Waals surface area contributed by atoms with E-state index < -0.39 is 36.8 Å². The molecule has 1 fully saturated rings. The maximum atomic E-state index is 11.5. The Kier molecular flexibility index (Phi) is 3.35. The highest BCUT2D eigenvalue weighted by molar-refractivity contribution is 7.71. The Bertz CT molecular complexity index is 514. The Morgan fingerprint density at radius 1 is 1.53 bits per heavy atom. The molecule has 0 bridgehead atoms. The summed E-state index contributed by atoms with van der Waals surface area (Å²) >= 11 is 4.66. The van der Waals surface area contributed by atoms with E-state index >= 15 is 0 Å². The minimum absolute atomic E-state index is 0.0120. The fraction of sp³-hybridized carbons (Fsp3) is 0.625. The Hall–Kier alpha value is -1.13. The fourth-order valence-electron chi connectivity index (χ4n) is 1.65. The predicted octanol–water partition coefficient (Wildman–Crippen LogP) is -2.09. The number of aliphatic hydroxyl groups is 3. The van der Waals surface area contributed by atoms with E-state index in [0.717, 1.165) is 10.9 Å². The van der Waals surface area contributed by atoms with E-state index in [2.05, 4.69) is 22.2 Å². The van der Waals surface area contributed by atoms with E-state index in [9.17, 15) is 15.0 Å². The zero-order valence-corrected chi connectivity index (χ0v) is 9.37. The lowest BCUT2D eigenvalue weighted by atomic mass is 10.1. The number of nitrogens with zero attached hydrogens (tertiary/aromatic N) is 2. The average Bonchev–Trinajstić information content (AvgIpc) is 2.57. The molecule has 0 saturated carbocycles. The van der Waals surface area contributed by atoms with Gasteiger partial charge < -0.3 is 20.1 Å². The maximum absolute atomic E-state index is 11.5. The van der Waals surface area contributed by atoms with Gasteiger partial charge in [-0.3, -0.25) is 9.55 Å². The zero-order chi connectivity index (χ0) is 12.6. The van der Waals surface area contributed by atoms with Crippen LogP contribution in [0.5, 0.6) is 0 Å². The Morgan fingerprint density at radius 2 is 2.24 bits per heavy atom.